The van der Waals surface area contributed by atoms with E-state index < -0.39 is 211 Å². The number of imidazole rings is 1. The molecule has 4 fully saturated rings. The monoisotopic (exact) mass is 1470 g/mol. The van der Waals surface area contributed by atoms with Gasteiger partial charge < -0.3 is 100 Å². The van der Waals surface area contributed by atoms with Crippen LogP contribution >= 0.6 is 54.9 Å². The number of aliphatic hydroxyl groups excluding tert-OH is 2. The van der Waals surface area contributed by atoms with Gasteiger partial charge in [0.1, 0.15) is 84.6 Å². The second-order valence-corrected chi connectivity index (χ2v) is 30.3. The molecule has 4 aliphatic rings. The Labute approximate surface area is 586 Å². The lowest BCUT2D eigenvalue weighted by Gasteiger charge is -2.31. The average molecular weight is 1470 g/mol. The zero-order valence-corrected chi connectivity index (χ0v) is 59.6. The fourth-order valence-corrected chi connectivity index (χ4v) is 15.7. The first kappa shape index (κ1) is 81.6. The van der Waals surface area contributed by atoms with E-state index in [1.165, 1.54) is 43.0 Å². The number of aliphatic hydroxyl groups is 2. The molecule has 5 heterocycles. The SMILES string of the molecule is CC[C@H](C)[C@@H]1NC(=O)[C@@H]2CCCN2C(=O)[C@H](CO)NC(=O)[C@H](CCSC)NC(=O)[C@H](C)NC(=O)[C@H](C)NC(=O)[C@@H]2CSSC[C@H](NC(=O)CN)C(=O)N[C@@H](CSSC[C@@H](C(N)=O)NC1=O)C(=O)N[C@@H](CO)C(=O)N[C@@H](Cc1cnc[nH]1)C(=O)N1CCC[C@H]1C(=O)N[C@@H](C(C)C)C(=O)N2. The average Bonchev–Trinajstić information content (AvgIpc) is 1.61. The molecule has 0 aromatic carbocycles. The molecular formula is C58H92N18O17S5. The number of carbonyl (C=O) groups is 15. The second-order valence-electron chi connectivity index (χ2n) is 24.2. The molecule has 15 atom stereocenters. The Hall–Kier alpha value is -7.11. The minimum absolute atomic E-state index is 0.0000555. The quantitative estimate of drug-likeness (QED) is 0.0817. The maximum atomic E-state index is 14.7. The number of thioether (sulfide) groups is 1. The molecule has 98 heavy (non-hydrogen) atoms. The van der Waals surface area contributed by atoms with E-state index in [2.05, 4.69) is 73.8 Å². The van der Waals surface area contributed by atoms with Gasteiger partial charge in [-0.25, -0.2) is 4.98 Å². The summed E-state index contributed by atoms with van der Waals surface area (Å²) in [6.07, 6.45) is 5.32. The number of primary amides is 1. The molecule has 40 heteroatoms. The van der Waals surface area contributed by atoms with Crippen molar-refractivity contribution in [3.8, 4) is 0 Å². The lowest BCUT2D eigenvalue weighted by Crippen LogP contribution is -2.61. The van der Waals surface area contributed by atoms with E-state index in [1.807, 2.05) is 0 Å². The third-order valence-electron chi connectivity index (χ3n) is 16.5. The molecule has 0 unspecified atom stereocenters. The normalized spacial score (nSPS) is 29.6. The molecular weight excluding hydrogens is 1380 g/mol. The summed E-state index contributed by atoms with van der Waals surface area (Å²) in [6.45, 7) is 6.56. The zero-order valence-electron chi connectivity index (χ0n) is 55.5. The molecule has 19 N–H and O–H groups in total. The summed E-state index contributed by atoms with van der Waals surface area (Å²) in [5.74, 6) is -15.9. The van der Waals surface area contributed by atoms with Crippen molar-refractivity contribution >= 4 is 144 Å². The summed E-state index contributed by atoms with van der Waals surface area (Å²) in [7, 11) is 3.55. The van der Waals surface area contributed by atoms with Gasteiger partial charge in [-0.05, 0) is 69.8 Å². The number of rotatable bonds is 13. The molecule has 5 rings (SSSR count). The first-order valence-electron chi connectivity index (χ1n) is 32.0. The predicted molar refractivity (Wildman–Crippen MR) is 366 cm³/mol. The van der Waals surface area contributed by atoms with Gasteiger partial charge in [0, 0.05) is 54.4 Å². The van der Waals surface area contributed by atoms with Crippen LogP contribution in [0.1, 0.15) is 85.8 Å². The molecule has 35 nitrogen and oxygen atoms in total. The first-order chi connectivity index (χ1) is 46.6. The van der Waals surface area contributed by atoms with Crippen LogP contribution in [-0.2, 0) is 78.3 Å². The number of hydrogen-bond donors (Lipinski definition) is 17. The molecule has 1 aromatic heterocycles. The van der Waals surface area contributed by atoms with Crippen LogP contribution < -0.4 is 75.3 Å². The van der Waals surface area contributed by atoms with Gasteiger partial charge in [0.25, 0.3) is 0 Å². The summed E-state index contributed by atoms with van der Waals surface area (Å²) >= 11 is 1.32. The van der Waals surface area contributed by atoms with Crippen LogP contribution in [0.25, 0.3) is 0 Å². The summed E-state index contributed by atoms with van der Waals surface area (Å²) in [5.41, 5.74) is 11.8. The summed E-state index contributed by atoms with van der Waals surface area (Å²) in [6, 6.07) is -20.4. The highest BCUT2D eigenvalue weighted by Crippen LogP contribution is 2.27. The van der Waals surface area contributed by atoms with Crippen molar-refractivity contribution in [1.82, 2.24) is 83.6 Å². The highest BCUT2D eigenvalue weighted by molar-refractivity contribution is 8.77. The standard InChI is InChI=1S/C58H92N18O17S5/c1-8-28(4)44-56(91)70-36(45(60)80)22-95-97-25-39-52(87)68-34(20-77)49(84)67-33(17-31-19-61-26-62-31)57(92)75-14-9-11-40(75)53(88)73-43(27(2)3)55(90)72-38(24-98-96-23-37(51(86)71-39)65-42(79)18-59)50(85)64-29(5)46(81)63-30(6)47(82)66-32(13-16-94-7)48(83)69-35(21-78)58(93)76-15-10-12-41(76)54(89)74-44/h19,26-30,32-41,43-44,77-78H,8-18,20-25,59H2,1-7H3,(H2,60,80)(H,61,62)(H,63,81)(H,64,85)(H,65,79)(H,66,82)(H,67,84)(H,68,87)(H,69,83)(H,70,91)(H,71,86)(H,72,90)(H,73,88)(H,74,89)/t28-,29-,30-,32-,33-,34-,35-,36-,37-,38-,39-,40-,41-,43-,44-/m0/s1. The molecule has 546 valence electrons. The Balaban J connectivity index is 1.60. The van der Waals surface area contributed by atoms with E-state index in [9.17, 15) is 82.1 Å². The van der Waals surface area contributed by atoms with E-state index in [-0.39, 0.29) is 56.0 Å². The molecule has 15 amide bonds. The predicted octanol–water partition coefficient (Wildman–Crippen LogP) is -6.53. The number of hydrogen-bond acceptors (Lipinski definition) is 24. The summed E-state index contributed by atoms with van der Waals surface area (Å²) in [5, 5.41) is 52.0. The molecule has 0 saturated carbocycles. The van der Waals surface area contributed by atoms with E-state index in [0.717, 1.165) is 48.1 Å². The van der Waals surface area contributed by atoms with E-state index >= 15 is 0 Å². The van der Waals surface area contributed by atoms with Crippen LogP contribution in [0.5, 0.6) is 0 Å². The number of aromatic nitrogens is 2. The van der Waals surface area contributed by atoms with Crippen molar-refractivity contribution in [1.29, 1.82) is 0 Å². The molecule has 1 aromatic rings. The van der Waals surface area contributed by atoms with Crippen molar-refractivity contribution in [2.24, 2.45) is 23.3 Å². The van der Waals surface area contributed by atoms with Gasteiger partial charge >= 0.3 is 0 Å². The van der Waals surface area contributed by atoms with Gasteiger partial charge in [-0.15, -0.1) is 0 Å². The van der Waals surface area contributed by atoms with Crippen molar-refractivity contribution in [2.75, 3.05) is 67.9 Å². The number of aromatic amines is 1. The number of nitrogens with zero attached hydrogens (tertiary/aromatic N) is 3. The summed E-state index contributed by atoms with van der Waals surface area (Å²) < 4.78 is 0. The van der Waals surface area contributed by atoms with E-state index in [0.29, 0.717) is 30.7 Å². The van der Waals surface area contributed by atoms with Crippen LogP contribution in [-0.4, -0.2) is 271 Å². The molecule has 0 radical (unpaired) electrons. The van der Waals surface area contributed by atoms with Crippen LogP contribution in [0.15, 0.2) is 12.5 Å². The lowest BCUT2D eigenvalue weighted by atomic mass is 9.97. The van der Waals surface area contributed by atoms with Gasteiger partial charge in [0.2, 0.25) is 88.6 Å². The van der Waals surface area contributed by atoms with Crippen molar-refractivity contribution in [2.45, 2.75) is 171 Å². The third-order valence-corrected chi connectivity index (χ3v) is 22.0. The number of amides is 15. The van der Waals surface area contributed by atoms with Gasteiger partial charge in [-0.1, -0.05) is 77.3 Å². The smallest absolute Gasteiger partial charge is 0.248 e. The molecule has 0 aliphatic carbocycles. The lowest BCUT2D eigenvalue weighted by molar-refractivity contribution is -0.143. The van der Waals surface area contributed by atoms with E-state index in [1.54, 1.807) is 34.0 Å². The largest absolute Gasteiger partial charge is 0.394 e. The summed E-state index contributed by atoms with van der Waals surface area (Å²) in [4.78, 5) is 221. The Kier molecular flexibility index (Phi) is 33.5. The number of carbonyl (C=O) groups excluding carboxylic acids is 15. The number of H-pyrrole nitrogens is 1. The van der Waals surface area contributed by atoms with Gasteiger partial charge in [-0.2, -0.15) is 11.8 Å². The maximum absolute atomic E-state index is 14.7. The van der Waals surface area contributed by atoms with Gasteiger partial charge in [0.05, 0.1) is 26.1 Å². The highest BCUT2D eigenvalue weighted by Gasteiger charge is 2.44. The topological polar surface area (TPSA) is 528 Å². The van der Waals surface area contributed by atoms with Crippen LogP contribution in [0.4, 0.5) is 0 Å². The maximum Gasteiger partial charge on any atom is 0.248 e. The third kappa shape index (κ3) is 23.8. The fourth-order valence-electron chi connectivity index (χ4n) is 10.6. The Bertz CT molecular complexity index is 3020. The Morgan fingerprint density at radius 2 is 1.09 bits per heavy atom. The number of nitrogens with two attached hydrogens (primary N) is 2. The zero-order chi connectivity index (χ0) is 72.5. The first-order valence-corrected chi connectivity index (χ1v) is 38.3. The van der Waals surface area contributed by atoms with Crippen LogP contribution in [0, 0.1) is 11.8 Å². The highest BCUT2D eigenvalue weighted by atomic mass is 33.1. The number of nitrogens with one attached hydrogen (secondary N) is 13. The second kappa shape index (κ2) is 40.2. The van der Waals surface area contributed by atoms with E-state index in [4.69, 9.17) is 11.5 Å². The van der Waals surface area contributed by atoms with Crippen molar-refractivity contribution < 1.29 is 82.1 Å². The number of fused-ring (bicyclic) bond motifs is 10. The fraction of sp³-hybridized carbons (Fsp3) is 0.690. The van der Waals surface area contributed by atoms with Crippen molar-refractivity contribution in [3.63, 3.8) is 0 Å². The Morgan fingerprint density at radius 1 is 0.602 bits per heavy atom. The molecule has 4 aliphatic heterocycles. The Morgan fingerprint density at radius 3 is 1.63 bits per heavy atom. The van der Waals surface area contributed by atoms with Crippen LogP contribution in [0.2, 0.25) is 0 Å². The van der Waals surface area contributed by atoms with Crippen molar-refractivity contribution in [3.05, 3.63) is 18.2 Å². The van der Waals surface area contributed by atoms with Crippen LogP contribution in [0.3, 0.4) is 0 Å². The minimum Gasteiger partial charge on any atom is -0.394 e. The molecule has 0 spiro atoms. The minimum atomic E-state index is -1.82. The molecule has 2 bridgehead atoms. The molecule has 4 saturated heterocycles. The van der Waals surface area contributed by atoms with Gasteiger partial charge in [0.15, 0.2) is 0 Å². The van der Waals surface area contributed by atoms with Gasteiger partial charge in [-0.3, -0.25) is 71.9 Å².